The van der Waals surface area contributed by atoms with E-state index in [1.54, 1.807) is 0 Å². The lowest BCUT2D eigenvalue weighted by molar-refractivity contribution is 0.498. The summed E-state index contributed by atoms with van der Waals surface area (Å²) < 4.78 is 2.89. The number of hydrogen-bond acceptors (Lipinski definition) is 3. The van der Waals surface area contributed by atoms with Crippen LogP contribution in [0.15, 0.2) is 29.2 Å². The summed E-state index contributed by atoms with van der Waals surface area (Å²) >= 11 is 7.27. The van der Waals surface area contributed by atoms with Gasteiger partial charge in [-0.3, -0.25) is 5.10 Å². The van der Waals surface area contributed by atoms with Crippen molar-refractivity contribution >= 4 is 24.0 Å². The van der Waals surface area contributed by atoms with Crippen molar-refractivity contribution in [2.24, 2.45) is 5.92 Å². The first-order valence-electron chi connectivity index (χ1n) is 6.53. The Kier molecular flexibility index (Phi) is 3.50. The molecule has 0 amide bonds. The van der Waals surface area contributed by atoms with Crippen LogP contribution in [0.4, 0.5) is 0 Å². The van der Waals surface area contributed by atoms with Crippen molar-refractivity contribution in [3.05, 3.63) is 40.4 Å². The molecule has 0 aliphatic carbocycles. The molecule has 0 spiro atoms. The van der Waals surface area contributed by atoms with Crippen molar-refractivity contribution < 1.29 is 0 Å². The lowest BCUT2D eigenvalue weighted by Crippen LogP contribution is -2.13. The quantitative estimate of drug-likeness (QED) is 0.873. The van der Waals surface area contributed by atoms with Crippen LogP contribution in [0.3, 0.4) is 0 Å². The van der Waals surface area contributed by atoms with Crippen LogP contribution in [-0.2, 0) is 6.54 Å². The first-order valence-corrected chi connectivity index (χ1v) is 7.93. The van der Waals surface area contributed by atoms with Gasteiger partial charge in [0.05, 0.1) is 5.92 Å². The first-order chi connectivity index (χ1) is 9.16. The Morgan fingerprint density at radius 1 is 1.47 bits per heavy atom. The number of rotatable bonds is 3. The zero-order valence-electron chi connectivity index (χ0n) is 11.1. The highest BCUT2D eigenvalue weighted by atomic mass is 32.2. The van der Waals surface area contributed by atoms with E-state index in [1.165, 1.54) is 10.5 Å². The second-order valence-corrected chi connectivity index (χ2v) is 6.74. The van der Waals surface area contributed by atoms with Crippen molar-refractivity contribution in [1.82, 2.24) is 14.8 Å². The maximum absolute atomic E-state index is 5.36. The molecule has 1 atom stereocenters. The number of benzene rings is 1. The fourth-order valence-corrected chi connectivity index (χ4v) is 3.95. The van der Waals surface area contributed by atoms with Crippen LogP contribution < -0.4 is 0 Å². The molecule has 2 heterocycles. The van der Waals surface area contributed by atoms with Crippen molar-refractivity contribution in [3.63, 3.8) is 0 Å². The lowest BCUT2D eigenvalue weighted by atomic mass is 10.0. The summed E-state index contributed by atoms with van der Waals surface area (Å²) in [6, 6.07) is 8.59. The number of hydrogen-bond donors (Lipinski definition) is 1. The van der Waals surface area contributed by atoms with Gasteiger partial charge < -0.3 is 4.57 Å². The molecule has 3 nitrogen and oxygen atoms in total. The van der Waals surface area contributed by atoms with Gasteiger partial charge in [0.25, 0.3) is 0 Å². The van der Waals surface area contributed by atoms with Gasteiger partial charge in [0.1, 0.15) is 5.82 Å². The average Bonchev–Trinajstić information content (AvgIpc) is 2.94. The molecule has 19 heavy (non-hydrogen) atoms. The van der Waals surface area contributed by atoms with E-state index < -0.39 is 0 Å². The maximum atomic E-state index is 5.36. The van der Waals surface area contributed by atoms with E-state index in [1.807, 2.05) is 11.8 Å². The zero-order chi connectivity index (χ0) is 13.4. The number of fused-ring (bicyclic) bond motifs is 1. The second-order valence-electron chi connectivity index (χ2n) is 5.29. The van der Waals surface area contributed by atoms with Gasteiger partial charge in [0.2, 0.25) is 0 Å². The van der Waals surface area contributed by atoms with E-state index >= 15 is 0 Å². The Morgan fingerprint density at radius 3 is 3.05 bits per heavy atom. The maximum Gasteiger partial charge on any atom is 0.195 e. The summed E-state index contributed by atoms with van der Waals surface area (Å²) in [7, 11) is 0. The Labute approximate surface area is 122 Å². The van der Waals surface area contributed by atoms with Crippen LogP contribution in [0.2, 0.25) is 0 Å². The standard InChI is InChI=1S/C14H17N3S2/c1-9(2)7-17-13(15-16-14(17)18)11-8-19-12-6-4-3-5-10(11)12/h3-6,9,11H,7-8H2,1-2H3,(H,16,18). The summed E-state index contributed by atoms with van der Waals surface area (Å²) in [6.45, 7) is 5.33. The molecule has 0 fully saturated rings. The highest BCUT2D eigenvalue weighted by Gasteiger charge is 2.28. The fraction of sp³-hybridized carbons (Fsp3) is 0.429. The van der Waals surface area contributed by atoms with Gasteiger partial charge in [-0.25, -0.2) is 0 Å². The van der Waals surface area contributed by atoms with Gasteiger partial charge in [0, 0.05) is 17.2 Å². The van der Waals surface area contributed by atoms with Crippen molar-refractivity contribution in [2.75, 3.05) is 5.75 Å². The van der Waals surface area contributed by atoms with Crippen LogP contribution >= 0.6 is 24.0 Å². The summed E-state index contributed by atoms with van der Waals surface area (Å²) in [5, 5.41) is 7.44. The molecule has 1 aromatic heterocycles. The minimum absolute atomic E-state index is 0.355. The molecule has 3 rings (SSSR count). The highest BCUT2D eigenvalue weighted by Crippen LogP contribution is 2.42. The normalized spacial score (nSPS) is 17.9. The lowest BCUT2D eigenvalue weighted by Gasteiger charge is -2.14. The van der Waals surface area contributed by atoms with Gasteiger partial charge in [-0.05, 0) is 29.8 Å². The topological polar surface area (TPSA) is 33.6 Å². The minimum atomic E-state index is 0.355. The number of nitrogens with zero attached hydrogens (tertiary/aromatic N) is 2. The van der Waals surface area contributed by atoms with E-state index in [9.17, 15) is 0 Å². The molecule has 5 heteroatoms. The third-order valence-corrected chi connectivity index (χ3v) is 4.84. The number of H-pyrrole nitrogens is 1. The smallest absolute Gasteiger partial charge is 0.195 e. The molecule has 2 aromatic rings. The molecular formula is C14H17N3S2. The van der Waals surface area contributed by atoms with Gasteiger partial charge >= 0.3 is 0 Å². The van der Waals surface area contributed by atoms with Crippen LogP contribution in [0.1, 0.15) is 31.2 Å². The molecular weight excluding hydrogens is 274 g/mol. The molecule has 100 valence electrons. The first kappa shape index (κ1) is 12.9. The van der Waals surface area contributed by atoms with E-state index in [-0.39, 0.29) is 0 Å². The van der Waals surface area contributed by atoms with Gasteiger partial charge in [-0.2, -0.15) is 5.10 Å². The van der Waals surface area contributed by atoms with Crippen molar-refractivity contribution in [2.45, 2.75) is 31.2 Å². The van der Waals surface area contributed by atoms with E-state index in [4.69, 9.17) is 12.2 Å². The third-order valence-electron chi connectivity index (χ3n) is 3.35. The van der Waals surface area contributed by atoms with Crippen LogP contribution in [0, 0.1) is 10.7 Å². The molecule has 1 aliphatic rings. The molecule has 1 aliphatic heterocycles. The summed E-state index contributed by atoms with van der Waals surface area (Å²) in [5.41, 5.74) is 1.38. The summed E-state index contributed by atoms with van der Waals surface area (Å²) in [6.07, 6.45) is 0. The summed E-state index contributed by atoms with van der Waals surface area (Å²) in [5.74, 6) is 3.05. The Bertz CT molecular complexity index is 642. The zero-order valence-corrected chi connectivity index (χ0v) is 12.7. The van der Waals surface area contributed by atoms with Gasteiger partial charge in [-0.15, -0.1) is 11.8 Å². The van der Waals surface area contributed by atoms with E-state index in [0.29, 0.717) is 11.8 Å². The minimum Gasteiger partial charge on any atom is -0.303 e. The number of thioether (sulfide) groups is 1. The monoisotopic (exact) mass is 291 g/mol. The van der Waals surface area contributed by atoms with E-state index in [2.05, 4.69) is 52.9 Å². The molecule has 1 unspecified atom stereocenters. The van der Waals surface area contributed by atoms with Crippen LogP contribution in [0.5, 0.6) is 0 Å². The molecule has 1 aromatic carbocycles. The third kappa shape index (κ3) is 2.37. The largest absolute Gasteiger partial charge is 0.303 e. The molecule has 0 saturated heterocycles. The highest BCUT2D eigenvalue weighted by molar-refractivity contribution is 7.99. The number of nitrogens with one attached hydrogen (secondary N) is 1. The number of aromatic nitrogens is 3. The average molecular weight is 291 g/mol. The van der Waals surface area contributed by atoms with Gasteiger partial charge in [0.15, 0.2) is 4.77 Å². The fourth-order valence-electron chi connectivity index (χ4n) is 2.51. The van der Waals surface area contributed by atoms with Crippen molar-refractivity contribution in [3.8, 4) is 0 Å². The predicted octanol–water partition coefficient (Wildman–Crippen LogP) is 3.83. The Morgan fingerprint density at radius 2 is 2.26 bits per heavy atom. The summed E-state index contributed by atoms with van der Waals surface area (Å²) in [4.78, 5) is 1.37. The van der Waals surface area contributed by atoms with E-state index in [0.717, 1.165) is 22.9 Å². The second kappa shape index (κ2) is 5.13. The van der Waals surface area contributed by atoms with Gasteiger partial charge in [-0.1, -0.05) is 32.0 Å². The molecule has 1 N–H and O–H groups in total. The Balaban J connectivity index is 2.03. The van der Waals surface area contributed by atoms with Crippen LogP contribution in [0.25, 0.3) is 0 Å². The molecule has 0 saturated carbocycles. The van der Waals surface area contributed by atoms with Crippen molar-refractivity contribution in [1.29, 1.82) is 0 Å². The molecule has 0 radical (unpaired) electrons. The van der Waals surface area contributed by atoms with Crippen LogP contribution in [-0.4, -0.2) is 20.5 Å². The SMILES string of the molecule is CC(C)Cn1c(C2CSc3ccccc32)n[nH]c1=S. The number of aromatic amines is 1. The predicted molar refractivity (Wildman–Crippen MR) is 81.3 cm³/mol. The molecule has 0 bridgehead atoms. The Hall–Kier alpha value is -1.07.